The van der Waals surface area contributed by atoms with Gasteiger partial charge >= 0.3 is 0 Å². The first-order chi connectivity index (χ1) is 18.6. The van der Waals surface area contributed by atoms with Crippen LogP contribution >= 0.6 is 0 Å². The van der Waals surface area contributed by atoms with Gasteiger partial charge in [0.2, 0.25) is 15.9 Å². The number of nitrogens with zero attached hydrogens (tertiary/aromatic N) is 4. The molecular weight excluding hydrogens is 522 g/mol. The Labute approximate surface area is 224 Å². The summed E-state index contributed by atoms with van der Waals surface area (Å²) in [6.07, 6.45) is 1.27. The Bertz CT molecular complexity index is 1740. The predicted octanol–water partition coefficient (Wildman–Crippen LogP) is 4.39. The SMILES string of the molecule is CCN(CC)S(=O)(=O)c1cc([N+](=O)[O-])ccc1NN=Cc1c(O)n(-c2ccc(C)cc2)c(=O)c2ccccc12. The molecule has 39 heavy (non-hydrogen) atoms. The van der Waals surface area contributed by atoms with E-state index < -0.39 is 20.5 Å². The summed E-state index contributed by atoms with van der Waals surface area (Å²) in [5.74, 6) is -0.354. The molecule has 0 aliphatic carbocycles. The number of hydrogen-bond acceptors (Lipinski definition) is 8. The second kappa shape index (κ2) is 11.1. The van der Waals surface area contributed by atoms with Gasteiger partial charge in [-0.25, -0.2) is 13.0 Å². The highest BCUT2D eigenvalue weighted by atomic mass is 32.2. The molecule has 202 valence electrons. The van der Waals surface area contributed by atoms with Crippen LogP contribution in [0.25, 0.3) is 16.5 Å². The third-order valence-electron chi connectivity index (χ3n) is 6.27. The Hall–Kier alpha value is -4.55. The molecule has 0 saturated heterocycles. The standard InChI is InChI=1S/C27H27N5O6S/c1-4-30(5-2)39(37,38)25-16-20(32(35)36)14-15-24(25)29-28-17-23-21-8-6-7-9-22(21)26(33)31(27(23)34)19-12-10-18(3)11-13-19/h6-17,29,34H,4-5H2,1-3H3. The number of nitrogens with one attached hydrogen (secondary N) is 1. The van der Waals surface area contributed by atoms with Gasteiger partial charge in [0.05, 0.1) is 28.1 Å². The van der Waals surface area contributed by atoms with Gasteiger partial charge in [-0.1, -0.05) is 49.7 Å². The predicted molar refractivity (Wildman–Crippen MR) is 150 cm³/mol. The number of aromatic nitrogens is 1. The lowest BCUT2D eigenvalue weighted by atomic mass is 10.1. The number of anilines is 1. The van der Waals surface area contributed by atoms with E-state index >= 15 is 0 Å². The van der Waals surface area contributed by atoms with Crippen LogP contribution in [0.15, 0.2) is 81.5 Å². The van der Waals surface area contributed by atoms with Crippen LogP contribution in [0.2, 0.25) is 0 Å². The van der Waals surface area contributed by atoms with E-state index in [-0.39, 0.29) is 40.8 Å². The monoisotopic (exact) mass is 549 g/mol. The Morgan fingerprint density at radius 1 is 1.05 bits per heavy atom. The van der Waals surface area contributed by atoms with E-state index in [0.29, 0.717) is 16.5 Å². The maximum Gasteiger partial charge on any atom is 0.270 e. The molecule has 4 rings (SSSR count). The van der Waals surface area contributed by atoms with Gasteiger partial charge in [0, 0.05) is 36.0 Å². The number of aryl methyl sites for hydroxylation is 1. The van der Waals surface area contributed by atoms with Crippen LogP contribution in [-0.2, 0) is 10.0 Å². The van der Waals surface area contributed by atoms with Crippen molar-refractivity contribution in [3.8, 4) is 11.6 Å². The highest BCUT2D eigenvalue weighted by molar-refractivity contribution is 7.89. The van der Waals surface area contributed by atoms with E-state index in [1.54, 1.807) is 50.2 Å². The molecule has 0 unspecified atom stereocenters. The number of sulfonamides is 1. The Kier molecular flexibility index (Phi) is 7.79. The molecule has 1 heterocycles. The van der Waals surface area contributed by atoms with Crippen LogP contribution < -0.4 is 11.0 Å². The van der Waals surface area contributed by atoms with Crippen molar-refractivity contribution < 1.29 is 18.4 Å². The fraction of sp³-hybridized carbons (Fsp3) is 0.185. The fourth-order valence-corrected chi connectivity index (χ4v) is 5.84. The molecule has 12 heteroatoms. The van der Waals surface area contributed by atoms with Crippen molar-refractivity contribution in [3.05, 3.63) is 98.3 Å². The topological polar surface area (TPSA) is 147 Å². The average Bonchev–Trinajstić information content (AvgIpc) is 2.92. The number of nitro benzene ring substituents is 1. The number of benzene rings is 3. The molecule has 0 aliphatic rings. The van der Waals surface area contributed by atoms with E-state index in [9.17, 15) is 28.4 Å². The summed E-state index contributed by atoms with van der Waals surface area (Å²) in [5.41, 5.74) is 3.52. The van der Waals surface area contributed by atoms with Crippen LogP contribution in [0.5, 0.6) is 5.88 Å². The Balaban J connectivity index is 1.83. The van der Waals surface area contributed by atoms with Gasteiger partial charge in [-0.15, -0.1) is 0 Å². The number of non-ortho nitro benzene ring substituents is 1. The maximum atomic E-state index is 13.3. The van der Waals surface area contributed by atoms with Crippen LogP contribution in [0.3, 0.4) is 0 Å². The first-order valence-corrected chi connectivity index (χ1v) is 13.6. The smallest absolute Gasteiger partial charge is 0.270 e. The molecule has 0 amide bonds. The van der Waals surface area contributed by atoms with Crippen LogP contribution in [0.4, 0.5) is 11.4 Å². The van der Waals surface area contributed by atoms with Gasteiger partial charge in [0.25, 0.3) is 11.2 Å². The molecule has 4 aromatic rings. The largest absolute Gasteiger partial charge is 0.494 e. The Morgan fingerprint density at radius 2 is 1.69 bits per heavy atom. The lowest BCUT2D eigenvalue weighted by molar-refractivity contribution is -0.385. The number of hydrazone groups is 1. The van der Waals surface area contributed by atoms with Crippen LogP contribution in [-0.4, -0.2) is 46.6 Å². The van der Waals surface area contributed by atoms with Crippen molar-refractivity contribution in [3.63, 3.8) is 0 Å². The average molecular weight is 550 g/mol. The first kappa shape index (κ1) is 27.5. The van der Waals surface area contributed by atoms with Crippen molar-refractivity contribution in [2.24, 2.45) is 5.10 Å². The first-order valence-electron chi connectivity index (χ1n) is 12.1. The van der Waals surface area contributed by atoms with E-state index in [0.717, 1.165) is 11.6 Å². The van der Waals surface area contributed by atoms with E-state index in [2.05, 4.69) is 10.5 Å². The summed E-state index contributed by atoms with van der Waals surface area (Å²) in [7, 11) is -4.08. The van der Waals surface area contributed by atoms with Crippen molar-refractivity contribution in [1.82, 2.24) is 8.87 Å². The number of nitro groups is 1. The molecule has 3 aromatic carbocycles. The number of hydrogen-bond donors (Lipinski definition) is 2. The molecule has 0 aliphatic heterocycles. The molecule has 1 aromatic heterocycles. The second-order valence-electron chi connectivity index (χ2n) is 8.66. The van der Waals surface area contributed by atoms with Gasteiger partial charge < -0.3 is 5.11 Å². The summed E-state index contributed by atoms with van der Waals surface area (Å²) >= 11 is 0. The van der Waals surface area contributed by atoms with Gasteiger partial charge in [-0.2, -0.15) is 9.41 Å². The van der Waals surface area contributed by atoms with E-state index in [1.165, 1.54) is 27.2 Å². The van der Waals surface area contributed by atoms with Crippen molar-refractivity contribution in [2.75, 3.05) is 18.5 Å². The van der Waals surface area contributed by atoms with Crippen molar-refractivity contribution in [2.45, 2.75) is 25.7 Å². The third kappa shape index (κ3) is 5.24. The third-order valence-corrected chi connectivity index (χ3v) is 8.36. The zero-order chi connectivity index (χ0) is 28.3. The summed E-state index contributed by atoms with van der Waals surface area (Å²) in [6.45, 7) is 5.58. The van der Waals surface area contributed by atoms with E-state index in [4.69, 9.17) is 0 Å². The summed E-state index contributed by atoms with van der Waals surface area (Å²) in [4.78, 5) is 23.6. The maximum absolute atomic E-state index is 13.3. The zero-order valence-electron chi connectivity index (χ0n) is 21.5. The van der Waals surface area contributed by atoms with Crippen LogP contribution in [0, 0.1) is 17.0 Å². The number of rotatable bonds is 9. The highest BCUT2D eigenvalue weighted by Crippen LogP contribution is 2.30. The normalized spacial score (nSPS) is 11.9. The molecule has 0 bridgehead atoms. The number of aromatic hydroxyl groups is 1. The lowest BCUT2D eigenvalue weighted by Crippen LogP contribution is -2.31. The molecule has 0 saturated carbocycles. The molecule has 0 atom stereocenters. The zero-order valence-corrected chi connectivity index (χ0v) is 22.3. The molecule has 0 spiro atoms. The minimum absolute atomic E-state index is 0.0133. The van der Waals surface area contributed by atoms with Crippen LogP contribution in [0.1, 0.15) is 25.0 Å². The lowest BCUT2D eigenvalue weighted by Gasteiger charge is -2.20. The van der Waals surface area contributed by atoms with Gasteiger partial charge in [-0.3, -0.25) is 20.3 Å². The Morgan fingerprint density at radius 3 is 2.31 bits per heavy atom. The fourth-order valence-electron chi connectivity index (χ4n) is 4.22. The summed E-state index contributed by atoms with van der Waals surface area (Å²) in [6, 6.07) is 17.2. The quantitative estimate of drug-likeness (QED) is 0.179. The summed E-state index contributed by atoms with van der Waals surface area (Å²) in [5, 5.41) is 27.5. The molecule has 2 N–H and O–H groups in total. The van der Waals surface area contributed by atoms with E-state index in [1.807, 2.05) is 19.1 Å². The second-order valence-corrected chi connectivity index (χ2v) is 10.6. The van der Waals surface area contributed by atoms with Gasteiger partial charge in [0.15, 0.2) is 0 Å². The van der Waals surface area contributed by atoms with Gasteiger partial charge in [-0.05, 0) is 31.2 Å². The van der Waals surface area contributed by atoms with Gasteiger partial charge in [0.1, 0.15) is 4.90 Å². The van der Waals surface area contributed by atoms with Crippen molar-refractivity contribution >= 4 is 38.4 Å². The minimum atomic E-state index is -4.08. The summed E-state index contributed by atoms with van der Waals surface area (Å²) < 4.78 is 28.8. The molecule has 11 nitrogen and oxygen atoms in total. The highest BCUT2D eigenvalue weighted by Gasteiger charge is 2.27. The minimum Gasteiger partial charge on any atom is -0.494 e. The van der Waals surface area contributed by atoms with Crippen molar-refractivity contribution in [1.29, 1.82) is 0 Å². The number of fused-ring (bicyclic) bond motifs is 1. The molecule has 0 radical (unpaired) electrons. The molecule has 0 fully saturated rings. The molecular formula is C27H27N5O6S. The number of pyridine rings is 1.